The Kier molecular flexibility index (Phi) is 6.98. The number of allylic oxidation sites excluding steroid dienone is 1. The molecular formula is C17H22F3NO3. The maximum Gasteiger partial charge on any atom is 0.416 e. The first-order chi connectivity index (χ1) is 11.1. The third-order valence-electron chi connectivity index (χ3n) is 3.56. The van der Waals surface area contributed by atoms with Crippen molar-refractivity contribution in [3.05, 3.63) is 41.5 Å². The molecule has 0 bridgehead atoms. The van der Waals surface area contributed by atoms with E-state index in [0.29, 0.717) is 0 Å². The minimum atomic E-state index is -4.50. The molecule has 0 saturated heterocycles. The molecule has 24 heavy (non-hydrogen) atoms. The zero-order chi connectivity index (χ0) is 18.4. The minimum absolute atomic E-state index is 0.0456. The Balaban J connectivity index is 3.03. The Hall–Kier alpha value is -1.86. The van der Waals surface area contributed by atoms with Crippen LogP contribution in [0.4, 0.5) is 13.2 Å². The molecule has 0 radical (unpaired) electrons. The number of carbonyl (C=O) groups is 1. The number of hydrogen-bond acceptors (Lipinski definition) is 3. The lowest BCUT2D eigenvalue weighted by atomic mass is 9.98. The van der Waals surface area contributed by atoms with Crippen molar-refractivity contribution < 1.29 is 27.8 Å². The fourth-order valence-corrected chi connectivity index (χ4v) is 2.42. The number of halogens is 3. The van der Waals surface area contributed by atoms with Gasteiger partial charge in [0.1, 0.15) is 0 Å². The van der Waals surface area contributed by atoms with E-state index in [2.05, 4.69) is 5.32 Å². The maximum atomic E-state index is 13.0. The molecule has 0 saturated carbocycles. The first kappa shape index (κ1) is 20.2. The van der Waals surface area contributed by atoms with E-state index in [4.69, 9.17) is 9.84 Å². The Bertz CT molecular complexity index is 591. The number of amides is 1. The third-order valence-corrected chi connectivity index (χ3v) is 3.56. The number of ether oxygens (including phenoxy) is 1. The van der Waals surface area contributed by atoms with Crippen LogP contribution in [-0.4, -0.2) is 36.9 Å². The normalized spacial score (nSPS) is 15.0. The Morgan fingerprint density at radius 2 is 1.96 bits per heavy atom. The Morgan fingerprint density at radius 1 is 1.33 bits per heavy atom. The number of aliphatic hydroxyl groups is 1. The number of benzene rings is 1. The quantitative estimate of drug-likeness (QED) is 0.747. The second-order valence-corrected chi connectivity index (χ2v) is 5.83. The molecule has 0 heterocycles. The van der Waals surface area contributed by atoms with E-state index in [-0.39, 0.29) is 30.8 Å². The highest BCUT2D eigenvalue weighted by molar-refractivity contribution is 5.95. The van der Waals surface area contributed by atoms with Gasteiger partial charge in [-0.05, 0) is 37.5 Å². The standard InChI is InChI=1S/C17H22F3NO3/c1-12(13-6-4-5-7-14(13)17(18,19)20)10-15(23)21-16(2,8-9-22)11-24-3/h4-7,10,22H,8-9,11H2,1-3H3,(H,21,23)/b12-10-. The molecule has 0 aromatic heterocycles. The molecule has 2 N–H and O–H groups in total. The third kappa shape index (κ3) is 5.65. The van der Waals surface area contributed by atoms with E-state index in [1.807, 2.05) is 0 Å². The predicted octanol–water partition coefficient (Wildman–Crippen LogP) is 3.01. The van der Waals surface area contributed by atoms with Crippen LogP contribution in [0.1, 0.15) is 31.4 Å². The van der Waals surface area contributed by atoms with Gasteiger partial charge in [-0.1, -0.05) is 18.2 Å². The maximum absolute atomic E-state index is 13.0. The molecule has 1 aromatic carbocycles. The Morgan fingerprint density at radius 3 is 2.50 bits per heavy atom. The number of methoxy groups -OCH3 is 1. The van der Waals surface area contributed by atoms with Crippen LogP contribution in [-0.2, 0) is 15.7 Å². The van der Waals surface area contributed by atoms with Crippen molar-refractivity contribution in [2.75, 3.05) is 20.3 Å². The van der Waals surface area contributed by atoms with Gasteiger partial charge in [0.05, 0.1) is 17.7 Å². The number of carbonyl (C=O) groups excluding carboxylic acids is 1. The fourth-order valence-electron chi connectivity index (χ4n) is 2.42. The average Bonchev–Trinajstić information content (AvgIpc) is 2.46. The van der Waals surface area contributed by atoms with Gasteiger partial charge in [-0.25, -0.2) is 0 Å². The zero-order valence-corrected chi connectivity index (χ0v) is 13.9. The van der Waals surface area contributed by atoms with E-state index in [0.717, 1.165) is 12.1 Å². The highest BCUT2D eigenvalue weighted by Gasteiger charge is 2.33. The molecule has 134 valence electrons. The average molecular weight is 345 g/mol. The lowest BCUT2D eigenvalue weighted by Gasteiger charge is -2.29. The molecule has 1 rings (SSSR count). The van der Waals surface area contributed by atoms with Crippen LogP contribution < -0.4 is 5.32 Å². The first-order valence-corrected chi connectivity index (χ1v) is 7.40. The van der Waals surface area contributed by atoms with Gasteiger partial charge in [0.25, 0.3) is 0 Å². The summed E-state index contributed by atoms with van der Waals surface area (Å²) in [6, 6.07) is 5.09. The summed E-state index contributed by atoms with van der Waals surface area (Å²) in [5.41, 5.74) is -1.44. The van der Waals surface area contributed by atoms with Crippen LogP contribution in [0.25, 0.3) is 5.57 Å². The summed E-state index contributed by atoms with van der Waals surface area (Å²) < 4.78 is 44.2. The molecule has 0 fully saturated rings. The lowest BCUT2D eigenvalue weighted by molar-refractivity contribution is -0.137. The summed E-state index contributed by atoms with van der Waals surface area (Å²) in [4.78, 5) is 12.1. The number of rotatable bonds is 7. The molecular weight excluding hydrogens is 323 g/mol. The second-order valence-electron chi connectivity index (χ2n) is 5.83. The van der Waals surface area contributed by atoms with E-state index in [9.17, 15) is 18.0 Å². The molecule has 1 aromatic rings. The number of hydrogen-bond donors (Lipinski definition) is 2. The smallest absolute Gasteiger partial charge is 0.396 e. The topological polar surface area (TPSA) is 58.6 Å². The first-order valence-electron chi connectivity index (χ1n) is 7.40. The molecule has 7 heteroatoms. The predicted molar refractivity (Wildman–Crippen MR) is 85.2 cm³/mol. The van der Waals surface area contributed by atoms with Crippen LogP contribution in [0, 0.1) is 0 Å². The highest BCUT2D eigenvalue weighted by Crippen LogP contribution is 2.34. The van der Waals surface area contributed by atoms with Gasteiger partial charge < -0.3 is 15.2 Å². The minimum Gasteiger partial charge on any atom is -0.396 e. The molecule has 1 atom stereocenters. The molecule has 1 amide bonds. The fraction of sp³-hybridized carbons (Fsp3) is 0.471. The van der Waals surface area contributed by atoms with E-state index in [1.165, 1.54) is 32.2 Å². The van der Waals surface area contributed by atoms with Gasteiger partial charge in [0, 0.05) is 19.8 Å². The molecule has 0 aliphatic carbocycles. The van der Waals surface area contributed by atoms with Gasteiger partial charge >= 0.3 is 6.18 Å². The number of aliphatic hydroxyl groups excluding tert-OH is 1. The number of nitrogens with one attached hydrogen (secondary N) is 1. The van der Waals surface area contributed by atoms with Crippen molar-refractivity contribution >= 4 is 11.5 Å². The van der Waals surface area contributed by atoms with E-state index < -0.39 is 23.2 Å². The van der Waals surface area contributed by atoms with E-state index >= 15 is 0 Å². The summed E-state index contributed by atoms with van der Waals surface area (Å²) in [6.45, 7) is 3.16. The molecule has 0 aliphatic rings. The molecule has 1 unspecified atom stereocenters. The summed E-state index contributed by atoms with van der Waals surface area (Å²) in [6.07, 6.45) is -3.11. The van der Waals surface area contributed by atoms with Gasteiger partial charge in [0.2, 0.25) is 5.91 Å². The van der Waals surface area contributed by atoms with Crippen molar-refractivity contribution in [1.82, 2.24) is 5.32 Å². The number of alkyl halides is 3. The molecule has 0 aliphatic heterocycles. The van der Waals surface area contributed by atoms with Gasteiger partial charge in [-0.3, -0.25) is 4.79 Å². The SMILES string of the molecule is COCC(C)(CCO)NC(=O)/C=C(/C)c1ccccc1C(F)(F)F. The van der Waals surface area contributed by atoms with Crippen molar-refractivity contribution in [2.45, 2.75) is 32.0 Å². The molecule has 4 nitrogen and oxygen atoms in total. The summed E-state index contributed by atoms with van der Waals surface area (Å²) >= 11 is 0. The van der Waals surface area contributed by atoms with Crippen molar-refractivity contribution in [3.63, 3.8) is 0 Å². The van der Waals surface area contributed by atoms with Crippen molar-refractivity contribution in [2.24, 2.45) is 0 Å². The summed E-state index contributed by atoms with van der Waals surface area (Å²) in [5, 5.41) is 11.8. The Labute approximate surface area is 139 Å². The largest absolute Gasteiger partial charge is 0.416 e. The van der Waals surface area contributed by atoms with Crippen LogP contribution in [0.15, 0.2) is 30.3 Å². The van der Waals surface area contributed by atoms with Crippen LogP contribution in [0.2, 0.25) is 0 Å². The van der Waals surface area contributed by atoms with Crippen LogP contribution in [0.5, 0.6) is 0 Å². The van der Waals surface area contributed by atoms with E-state index in [1.54, 1.807) is 6.92 Å². The monoisotopic (exact) mass is 345 g/mol. The zero-order valence-electron chi connectivity index (χ0n) is 13.9. The van der Waals surface area contributed by atoms with Gasteiger partial charge in [-0.2, -0.15) is 13.2 Å². The van der Waals surface area contributed by atoms with Gasteiger partial charge in [0.15, 0.2) is 0 Å². The van der Waals surface area contributed by atoms with Gasteiger partial charge in [-0.15, -0.1) is 0 Å². The second kappa shape index (κ2) is 8.30. The van der Waals surface area contributed by atoms with Crippen molar-refractivity contribution in [3.8, 4) is 0 Å². The van der Waals surface area contributed by atoms with Crippen LogP contribution in [0.3, 0.4) is 0 Å². The van der Waals surface area contributed by atoms with Crippen LogP contribution >= 0.6 is 0 Å². The lowest BCUT2D eigenvalue weighted by Crippen LogP contribution is -2.49. The summed E-state index contributed by atoms with van der Waals surface area (Å²) in [7, 11) is 1.46. The van der Waals surface area contributed by atoms with Crippen molar-refractivity contribution in [1.29, 1.82) is 0 Å². The molecule has 0 spiro atoms. The summed E-state index contributed by atoms with van der Waals surface area (Å²) in [5.74, 6) is -0.544. The highest BCUT2D eigenvalue weighted by atomic mass is 19.4.